The average Bonchev–Trinajstić information content (AvgIpc) is 3.34. The molecule has 1 N–H and O–H groups in total. The van der Waals surface area contributed by atoms with Crippen molar-refractivity contribution in [1.82, 2.24) is 24.6 Å². The van der Waals surface area contributed by atoms with Crippen molar-refractivity contribution in [2.75, 3.05) is 6.54 Å². The molecule has 1 fully saturated rings. The molecule has 1 saturated heterocycles. The van der Waals surface area contributed by atoms with Gasteiger partial charge in [-0.15, -0.1) is 0 Å². The molecule has 0 radical (unpaired) electrons. The van der Waals surface area contributed by atoms with Crippen molar-refractivity contribution < 1.29 is 9.90 Å². The maximum Gasteiger partial charge on any atom is 0.338 e. The number of carboxylic acid groups (broad SMARTS) is 1. The lowest BCUT2D eigenvalue weighted by molar-refractivity contribution is 0.0695. The zero-order valence-electron chi connectivity index (χ0n) is 14.2. The van der Waals surface area contributed by atoms with Gasteiger partial charge in [0.1, 0.15) is 5.82 Å². The highest BCUT2D eigenvalue weighted by molar-refractivity contribution is 5.86. The first kappa shape index (κ1) is 16.4. The second kappa shape index (κ2) is 7.05. The molecule has 0 aliphatic carbocycles. The molecular formula is C19H19N5O2. The lowest BCUT2D eigenvalue weighted by atomic mass is 10.1. The SMILES string of the molecule is O=C(O)c1cnc(C2CCCN2Cc2ccc(-n3cccn3)cc2)nc1. The molecule has 1 aliphatic rings. The van der Waals surface area contributed by atoms with Crippen LogP contribution in [0.1, 0.15) is 40.6 Å². The van der Waals surface area contributed by atoms with E-state index in [-0.39, 0.29) is 11.6 Å². The number of hydrogen-bond acceptors (Lipinski definition) is 5. The Morgan fingerprint density at radius 3 is 2.62 bits per heavy atom. The number of aromatic nitrogens is 4. The third kappa shape index (κ3) is 3.34. The molecule has 2 aromatic heterocycles. The number of hydrogen-bond donors (Lipinski definition) is 1. The lowest BCUT2D eigenvalue weighted by Gasteiger charge is -2.23. The van der Waals surface area contributed by atoms with Gasteiger partial charge in [0.15, 0.2) is 0 Å². The maximum absolute atomic E-state index is 11.0. The molecule has 1 unspecified atom stereocenters. The molecule has 3 aromatic rings. The van der Waals surface area contributed by atoms with Crippen LogP contribution in [0.15, 0.2) is 55.1 Å². The Morgan fingerprint density at radius 1 is 1.19 bits per heavy atom. The molecule has 0 bridgehead atoms. The molecule has 1 aliphatic heterocycles. The smallest absolute Gasteiger partial charge is 0.338 e. The molecule has 26 heavy (non-hydrogen) atoms. The van der Waals surface area contributed by atoms with Crippen molar-refractivity contribution >= 4 is 5.97 Å². The van der Waals surface area contributed by atoms with E-state index in [2.05, 4.69) is 44.2 Å². The first-order valence-corrected chi connectivity index (χ1v) is 8.59. The topological polar surface area (TPSA) is 84.1 Å². The number of carbonyl (C=O) groups is 1. The summed E-state index contributed by atoms with van der Waals surface area (Å²) in [6.45, 7) is 1.80. The van der Waals surface area contributed by atoms with Crippen molar-refractivity contribution in [3.8, 4) is 5.69 Å². The van der Waals surface area contributed by atoms with Crippen LogP contribution in [0.4, 0.5) is 0 Å². The molecule has 0 saturated carbocycles. The predicted octanol–water partition coefficient (Wildman–Crippen LogP) is 2.70. The van der Waals surface area contributed by atoms with Crippen LogP contribution in [0.3, 0.4) is 0 Å². The number of aromatic carboxylic acids is 1. The Balaban J connectivity index is 1.47. The number of carboxylic acids is 1. The molecule has 3 heterocycles. The lowest BCUT2D eigenvalue weighted by Crippen LogP contribution is -2.24. The quantitative estimate of drug-likeness (QED) is 0.762. The third-order valence-electron chi connectivity index (χ3n) is 4.67. The van der Waals surface area contributed by atoms with E-state index in [9.17, 15) is 4.79 Å². The van der Waals surface area contributed by atoms with E-state index >= 15 is 0 Å². The molecule has 1 atom stereocenters. The van der Waals surface area contributed by atoms with Crippen LogP contribution in [0.5, 0.6) is 0 Å². The fourth-order valence-corrected chi connectivity index (χ4v) is 3.34. The van der Waals surface area contributed by atoms with E-state index in [4.69, 9.17) is 5.11 Å². The zero-order valence-corrected chi connectivity index (χ0v) is 14.2. The molecule has 0 amide bonds. The fraction of sp³-hybridized carbons (Fsp3) is 0.263. The Hall–Kier alpha value is -3.06. The van der Waals surface area contributed by atoms with Crippen LogP contribution in [-0.4, -0.2) is 42.3 Å². The van der Waals surface area contributed by atoms with Crippen molar-refractivity contribution in [3.63, 3.8) is 0 Å². The van der Waals surface area contributed by atoms with Gasteiger partial charge in [0.25, 0.3) is 0 Å². The van der Waals surface area contributed by atoms with Gasteiger partial charge < -0.3 is 5.11 Å². The Morgan fingerprint density at radius 2 is 1.96 bits per heavy atom. The number of likely N-dealkylation sites (tertiary alicyclic amines) is 1. The van der Waals surface area contributed by atoms with Gasteiger partial charge in [0, 0.05) is 31.3 Å². The van der Waals surface area contributed by atoms with Crippen LogP contribution in [0, 0.1) is 0 Å². The van der Waals surface area contributed by atoms with E-state index in [1.807, 2.05) is 16.9 Å². The maximum atomic E-state index is 11.0. The van der Waals surface area contributed by atoms with Crippen molar-refractivity contribution in [2.24, 2.45) is 0 Å². The van der Waals surface area contributed by atoms with Crippen LogP contribution >= 0.6 is 0 Å². The number of rotatable bonds is 5. The summed E-state index contributed by atoms with van der Waals surface area (Å²) >= 11 is 0. The second-order valence-corrected chi connectivity index (χ2v) is 6.38. The largest absolute Gasteiger partial charge is 0.478 e. The van der Waals surface area contributed by atoms with Gasteiger partial charge in [0.05, 0.1) is 17.3 Å². The zero-order chi connectivity index (χ0) is 17.9. The molecule has 1 aromatic carbocycles. The van der Waals surface area contributed by atoms with E-state index in [0.717, 1.165) is 31.6 Å². The van der Waals surface area contributed by atoms with Gasteiger partial charge in [-0.3, -0.25) is 4.90 Å². The summed E-state index contributed by atoms with van der Waals surface area (Å²) in [6, 6.07) is 10.4. The van der Waals surface area contributed by atoms with Crippen molar-refractivity contribution in [1.29, 1.82) is 0 Å². The van der Waals surface area contributed by atoms with E-state index in [0.29, 0.717) is 5.82 Å². The molecule has 0 spiro atoms. The summed E-state index contributed by atoms with van der Waals surface area (Å²) in [5, 5.41) is 13.2. The summed E-state index contributed by atoms with van der Waals surface area (Å²) in [4.78, 5) is 21.9. The van der Waals surface area contributed by atoms with Crippen LogP contribution in [-0.2, 0) is 6.54 Å². The Bertz CT molecular complexity index is 875. The molecular weight excluding hydrogens is 330 g/mol. The Kier molecular flexibility index (Phi) is 4.45. The van der Waals surface area contributed by atoms with Gasteiger partial charge >= 0.3 is 5.97 Å². The van der Waals surface area contributed by atoms with Crippen molar-refractivity contribution in [3.05, 3.63) is 72.1 Å². The second-order valence-electron chi connectivity index (χ2n) is 6.38. The summed E-state index contributed by atoms with van der Waals surface area (Å²) in [6.07, 6.45) is 8.53. The molecule has 132 valence electrons. The summed E-state index contributed by atoms with van der Waals surface area (Å²) in [5.41, 5.74) is 2.37. The van der Waals surface area contributed by atoms with Crippen LogP contribution in [0.2, 0.25) is 0 Å². The van der Waals surface area contributed by atoms with E-state index in [1.165, 1.54) is 18.0 Å². The van der Waals surface area contributed by atoms with Crippen molar-refractivity contribution in [2.45, 2.75) is 25.4 Å². The molecule has 4 rings (SSSR count). The van der Waals surface area contributed by atoms with Gasteiger partial charge in [-0.25, -0.2) is 19.4 Å². The van der Waals surface area contributed by atoms with E-state index < -0.39 is 5.97 Å². The monoisotopic (exact) mass is 349 g/mol. The third-order valence-corrected chi connectivity index (χ3v) is 4.67. The average molecular weight is 349 g/mol. The summed E-state index contributed by atoms with van der Waals surface area (Å²) < 4.78 is 1.83. The minimum atomic E-state index is -1.00. The van der Waals surface area contributed by atoms with Gasteiger partial charge in [-0.2, -0.15) is 5.10 Å². The minimum absolute atomic E-state index is 0.118. The highest BCUT2D eigenvalue weighted by Gasteiger charge is 2.28. The number of nitrogens with zero attached hydrogens (tertiary/aromatic N) is 5. The highest BCUT2D eigenvalue weighted by atomic mass is 16.4. The molecule has 7 nitrogen and oxygen atoms in total. The minimum Gasteiger partial charge on any atom is -0.478 e. The van der Waals surface area contributed by atoms with Gasteiger partial charge in [-0.05, 0) is 43.1 Å². The fourth-order valence-electron chi connectivity index (χ4n) is 3.34. The van der Waals surface area contributed by atoms with Crippen LogP contribution in [0.25, 0.3) is 5.69 Å². The van der Waals surface area contributed by atoms with Crippen LogP contribution < -0.4 is 0 Å². The first-order chi connectivity index (χ1) is 12.7. The van der Waals surface area contributed by atoms with Gasteiger partial charge in [-0.1, -0.05) is 12.1 Å². The standard InChI is InChI=1S/C19H19N5O2/c25-19(26)15-11-20-18(21-12-15)17-3-1-9-23(17)13-14-4-6-16(7-5-14)24-10-2-8-22-24/h2,4-8,10-12,17H,1,3,9,13H2,(H,25,26). The normalized spacial score (nSPS) is 17.5. The first-order valence-electron chi connectivity index (χ1n) is 8.59. The summed E-state index contributed by atoms with van der Waals surface area (Å²) in [7, 11) is 0. The predicted molar refractivity (Wildman–Crippen MR) is 94.9 cm³/mol. The van der Waals surface area contributed by atoms with E-state index in [1.54, 1.807) is 6.20 Å². The Labute approximate surface area is 150 Å². The molecule has 7 heteroatoms. The van der Waals surface area contributed by atoms with Gasteiger partial charge in [0.2, 0.25) is 0 Å². The summed E-state index contributed by atoms with van der Waals surface area (Å²) in [5.74, 6) is -0.308. The highest BCUT2D eigenvalue weighted by Crippen LogP contribution is 2.31. The number of benzene rings is 1.